The summed E-state index contributed by atoms with van der Waals surface area (Å²) in [5, 5.41) is 24.7. The predicted molar refractivity (Wildman–Crippen MR) is 123 cm³/mol. The van der Waals surface area contributed by atoms with Gasteiger partial charge in [0.25, 0.3) is 11.7 Å². The Bertz CT molecular complexity index is 1190. The molecule has 4 rings (SSSR count). The number of fused-ring (bicyclic) bond motifs is 1. The van der Waals surface area contributed by atoms with Gasteiger partial charge in [0.05, 0.1) is 12.2 Å². The van der Waals surface area contributed by atoms with Crippen LogP contribution >= 0.6 is 0 Å². The third-order valence-electron chi connectivity index (χ3n) is 6.10. The number of benzene rings is 1. The molecule has 1 fully saturated rings. The van der Waals surface area contributed by atoms with Crippen LogP contribution in [0.15, 0.2) is 36.4 Å². The normalized spacial score (nSPS) is 16.7. The topological polar surface area (TPSA) is 114 Å². The van der Waals surface area contributed by atoms with Gasteiger partial charge in [0, 0.05) is 26.7 Å². The summed E-state index contributed by atoms with van der Waals surface area (Å²) in [6.07, 6.45) is -4.68. The summed E-state index contributed by atoms with van der Waals surface area (Å²) < 4.78 is 50.8. The number of anilines is 1. The van der Waals surface area contributed by atoms with E-state index in [2.05, 4.69) is 20.6 Å². The fourth-order valence-electron chi connectivity index (χ4n) is 4.04. The fourth-order valence-corrected chi connectivity index (χ4v) is 4.04. The average Bonchev–Trinajstić information content (AvgIpc) is 3.29. The standard InChI is InChI=1S/C23H27F3N6O4/c1-15(20(33)27-11-14-35-2)36-17-5-3-16(4-6-17)22(34)9-12-31(13-10-22)19-8-7-18-28-29-21(23(24,25)26)32(18)30-19/h3-8,15,34H,9-14H2,1-2H3,(H,27,33). The zero-order valence-electron chi connectivity index (χ0n) is 19.8. The lowest BCUT2D eigenvalue weighted by Gasteiger charge is -2.39. The highest BCUT2D eigenvalue weighted by Gasteiger charge is 2.38. The summed E-state index contributed by atoms with van der Waals surface area (Å²) in [5.41, 5.74) is -0.423. The molecule has 1 aliphatic heterocycles. The number of rotatable bonds is 8. The Labute approximate surface area is 205 Å². The zero-order valence-corrected chi connectivity index (χ0v) is 19.8. The molecule has 2 N–H and O–H groups in total. The molecule has 1 aromatic carbocycles. The Balaban J connectivity index is 1.38. The van der Waals surface area contributed by atoms with E-state index in [0.717, 1.165) is 0 Å². The number of hydrogen-bond donors (Lipinski definition) is 2. The first kappa shape index (κ1) is 25.6. The molecule has 13 heteroatoms. The van der Waals surface area contributed by atoms with E-state index < -0.39 is 23.7 Å². The van der Waals surface area contributed by atoms with Gasteiger partial charge < -0.3 is 24.8 Å². The molecule has 1 atom stereocenters. The first-order chi connectivity index (χ1) is 17.1. The third kappa shape index (κ3) is 5.51. The molecule has 0 bridgehead atoms. The second kappa shape index (κ2) is 10.3. The van der Waals surface area contributed by atoms with Crippen LogP contribution in [0.5, 0.6) is 5.75 Å². The number of nitrogens with zero attached hydrogens (tertiary/aromatic N) is 5. The lowest BCUT2D eigenvalue weighted by molar-refractivity contribution is -0.146. The number of alkyl halides is 3. The highest BCUT2D eigenvalue weighted by molar-refractivity contribution is 5.80. The lowest BCUT2D eigenvalue weighted by atomic mass is 9.84. The molecule has 194 valence electrons. The average molecular weight is 509 g/mol. The number of ether oxygens (including phenoxy) is 2. The quantitative estimate of drug-likeness (QED) is 0.445. The number of hydrogen-bond acceptors (Lipinski definition) is 8. The highest BCUT2D eigenvalue weighted by Crippen LogP contribution is 2.35. The van der Waals surface area contributed by atoms with Gasteiger partial charge in [-0.3, -0.25) is 4.79 Å². The molecule has 0 spiro atoms. The van der Waals surface area contributed by atoms with Crippen LogP contribution in [0.2, 0.25) is 0 Å². The van der Waals surface area contributed by atoms with Crippen LogP contribution in [0.25, 0.3) is 5.65 Å². The van der Waals surface area contributed by atoms with Crippen molar-refractivity contribution in [1.29, 1.82) is 0 Å². The predicted octanol–water partition coefficient (Wildman–Crippen LogP) is 2.16. The summed E-state index contributed by atoms with van der Waals surface area (Å²) in [4.78, 5) is 13.9. The minimum Gasteiger partial charge on any atom is -0.481 e. The van der Waals surface area contributed by atoms with Gasteiger partial charge in [-0.2, -0.15) is 17.7 Å². The van der Waals surface area contributed by atoms with Gasteiger partial charge in [-0.25, -0.2) is 0 Å². The van der Waals surface area contributed by atoms with Crippen LogP contribution in [0, 0.1) is 0 Å². The van der Waals surface area contributed by atoms with Gasteiger partial charge in [0.1, 0.15) is 11.6 Å². The molecular formula is C23H27F3N6O4. The van der Waals surface area contributed by atoms with E-state index in [1.807, 2.05) is 4.90 Å². The summed E-state index contributed by atoms with van der Waals surface area (Å²) in [7, 11) is 1.55. The molecule has 2 aromatic heterocycles. The van der Waals surface area contributed by atoms with E-state index >= 15 is 0 Å². The second-order valence-corrected chi connectivity index (χ2v) is 8.57. The second-order valence-electron chi connectivity index (χ2n) is 8.57. The van der Waals surface area contributed by atoms with E-state index in [9.17, 15) is 23.1 Å². The molecule has 1 saturated heterocycles. The minimum atomic E-state index is -4.67. The van der Waals surface area contributed by atoms with Crippen molar-refractivity contribution in [3.05, 3.63) is 47.8 Å². The number of carbonyl (C=O) groups excluding carboxylic acids is 1. The monoisotopic (exact) mass is 508 g/mol. The van der Waals surface area contributed by atoms with E-state index in [0.29, 0.717) is 60.7 Å². The van der Waals surface area contributed by atoms with Crippen LogP contribution in [-0.4, -0.2) is 70.3 Å². The number of aliphatic hydroxyl groups is 1. The van der Waals surface area contributed by atoms with Gasteiger partial charge in [0.15, 0.2) is 11.8 Å². The Morgan fingerprint density at radius 2 is 1.86 bits per heavy atom. The van der Waals surface area contributed by atoms with Gasteiger partial charge in [0.2, 0.25) is 0 Å². The molecule has 1 aliphatic rings. The number of halogens is 3. The Hall–Kier alpha value is -3.45. The van der Waals surface area contributed by atoms with Gasteiger partial charge in [-0.15, -0.1) is 15.3 Å². The number of piperidine rings is 1. The maximum atomic E-state index is 13.2. The Morgan fingerprint density at radius 3 is 2.50 bits per heavy atom. The molecule has 3 heterocycles. The summed E-state index contributed by atoms with van der Waals surface area (Å²) in [5.74, 6) is -0.614. The van der Waals surface area contributed by atoms with Crippen molar-refractivity contribution in [2.75, 3.05) is 38.3 Å². The number of aromatic nitrogens is 4. The summed E-state index contributed by atoms with van der Waals surface area (Å²) in [6.45, 7) is 3.20. The molecule has 0 saturated carbocycles. The van der Waals surface area contributed by atoms with E-state index in [-0.39, 0.29) is 11.6 Å². The molecule has 0 aliphatic carbocycles. The largest absolute Gasteiger partial charge is 0.481 e. The SMILES string of the molecule is COCCNC(=O)C(C)Oc1ccc(C2(O)CCN(c3ccc4nnc(C(F)(F)F)n4n3)CC2)cc1. The smallest absolute Gasteiger partial charge is 0.453 e. The van der Waals surface area contributed by atoms with Crippen molar-refractivity contribution >= 4 is 17.4 Å². The molecule has 36 heavy (non-hydrogen) atoms. The summed E-state index contributed by atoms with van der Waals surface area (Å²) >= 11 is 0. The lowest BCUT2D eigenvalue weighted by Crippen LogP contribution is -2.43. The number of methoxy groups -OCH3 is 1. The zero-order chi connectivity index (χ0) is 25.9. The van der Waals surface area contributed by atoms with Crippen molar-refractivity contribution in [2.45, 2.75) is 37.6 Å². The molecule has 1 unspecified atom stereocenters. The van der Waals surface area contributed by atoms with Crippen molar-refractivity contribution in [1.82, 2.24) is 25.1 Å². The maximum Gasteiger partial charge on any atom is 0.453 e. The maximum absolute atomic E-state index is 13.2. The van der Waals surface area contributed by atoms with Crippen molar-refractivity contribution in [3.63, 3.8) is 0 Å². The molecule has 10 nitrogen and oxygen atoms in total. The number of nitrogens with one attached hydrogen (secondary N) is 1. The van der Waals surface area contributed by atoms with E-state index in [4.69, 9.17) is 9.47 Å². The van der Waals surface area contributed by atoms with Gasteiger partial charge in [-0.05, 0) is 49.6 Å². The molecule has 0 radical (unpaired) electrons. The Morgan fingerprint density at radius 1 is 1.17 bits per heavy atom. The molecular weight excluding hydrogens is 481 g/mol. The minimum absolute atomic E-state index is 0.00340. The third-order valence-corrected chi connectivity index (χ3v) is 6.10. The van der Waals surface area contributed by atoms with Crippen LogP contribution in [0.1, 0.15) is 31.2 Å². The molecule has 1 amide bonds. The van der Waals surface area contributed by atoms with Crippen LogP contribution < -0.4 is 15.0 Å². The van der Waals surface area contributed by atoms with Crippen molar-refractivity contribution in [3.8, 4) is 5.75 Å². The first-order valence-electron chi connectivity index (χ1n) is 11.4. The van der Waals surface area contributed by atoms with Gasteiger partial charge >= 0.3 is 6.18 Å². The van der Waals surface area contributed by atoms with Crippen LogP contribution in [0.3, 0.4) is 0 Å². The number of amides is 1. The van der Waals surface area contributed by atoms with Crippen LogP contribution in [0.4, 0.5) is 19.0 Å². The van der Waals surface area contributed by atoms with Crippen molar-refractivity contribution in [2.24, 2.45) is 0 Å². The highest BCUT2D eigenvalue weighted by atomic mass is 19.4. The first-order valence-corrected chi connectivity index (χ1v) is 11.4. The summed E-state index contributed by atoms with van der Waals surface area (Å²) in [6, 6.07) is 9.91. The Kier molecular flexibility index (Phi) is 7.31. The van der Waals surface area contributed by atoms with Crippen molar-refractivity contribution < 1.29 is 32.5 Å². The fraction of sp³-hybridized carbons (Fsp3) is 0.478. The van der Waals surface area contributed by atoms with Gasteiger partial charge in [-0.1, -0.05) is 12.1 Å². The van der Waals surface area contributed by atoms with E-state index in [1.165, 1.54) is 6.07 Å². The van der Waals surface area contributed by atoms with Crippen LogP contribution in [-0.2, 0) is 21.3 Å². The van der Waals surface area contributed by atoms with E-state index in [1.54, 1.807) is 44.4 Å². The number of carbonyl (C=O) groups is 1. The molecule has 3 aromatic rings.